The third kappa shape index (κ3) is 3.21. The van der Waals surface area contributed by atoms with Crippen molar-refractivity contribution >= 4 is 11.6 Å². The second-order valence-corrected chi connectivity index (χ2v) is 5.22. The molecular weight excluding hydrogens is 267 g/mol. The molecule has 2 rings (SSSR count). The first-order valence-corrected chi connectivity index (χ1v) is 6.82. The Labute approximate surface area is 124 Å². The Kier molecular flexibility index (Phi) is 4.26. The summed E-state index contributed by atoms with van der Waals surface area (Å²) >= 11 is 0. The van der Waals surface area contributed by atoms with Crippen LogP contribution in [-0.4, -0.2) is 5.91 Å². The molecule has 0 radical (unpaired) electrons. The van der Waals surface area contributed by atoms with E-state index in [9.17, 15) is 9.18 Å². The average molecular weight is 286 g/mol. The molecule has 0 fully saturated rings. The van der Waals surface area contributed by atoms with Gasteiger partial charge in [-0.2, -0.15) is 0 Å². The van der Waals surface area contributed by atoms with Gasteiger partial charge in [0.25, 0.3) is 0 Å². The topological polar surface area (TPSA) is 55.1 Å². The number of carbonyl (C=O) groups excluding carboxylic acids is 1. The molecule has 0 aliphatic heterocycles. The van der Waals surface area contributed by atoms with Gasteiger partial charge in [0, 0.05) is 22.9 Å². The summed E-state index contributed by atoms with van der Waals surface area (Å²) in [5, 5.41) is 3.26. The third-order valence-electron chi connectivity index (χ3n) is 3.66. The number of nitrogens with two attached hydrogens (primary N) is 1. The van der Waals surface area contributed by atoms with E-state index >= 15 is 0 Å². The largest absolute Gasteiger partial charge is 0.378 e. The van der Waals surface area contributed by atoms with Crippen molar-refractivity contribution in [3.63, 3.8) is 0 Å². The van der Waals surface area contributed by atoms with E-state index < -0.39 is 11.7 Å². The summed E-state index contributed by atoms with van der Waals surface area (Å²) in [7, 11) is 0. The van der Waals surface area contributed by atoms with E-state index in [0.29, 0.717) is 11.3 Å². The third-order valence-corrected chi connectivity index (χ3v) is 3.66. The molecule has 110 valence electrons. The molecule has 0 heterocycles. The summed E-state index contributed by atoms with van der Waals surface area (Å²) in [5.74, 6) is -1.08. The molecule has 3 N–H and O–H groups in total. The first-order valence-electron chi connectivity index (χ1n) is 6.82. The van der Waals surface area contributed by atoms with Gasteiger partial charge in [-0.1, -0.05) is 24.3 Å². The molecule has 21 heavy (non-hydrogen) atoms. The van der Waals surface area contributed by atoms with Gasteiger partial charge < -0.3 is 11.1 Å². The molecule has 0 saturated heterocycles. The first-order chi connectivity index (χ1) is 9.90. The van der Waals surface area contributed by atoms with Crippen LogP contribution in [0.5, 0.6) is 0 Å². The van der Waals surface area contributed by atoms with E-state index in [2.05, 4.69) is 5.32 Å². The number of hydrogen-bond donors (Lipinski definition) is 2. The lowest BCUT2D eigenvalue weighted by Crippen LogP contribution is -2.14. The molecule has 0 bridgehead atoms. The molecule has 2 aromatic carbocycles. The maximum absolute atomic E-state index is 13.9. The van der Waals surface area contributed by atoms with E-state index in [0.717, 1.165) is 11.1 Å². The van der Waals surface area contributed by atoms with Crippen molar-refractivity contribution in [3.8, 4) is 0 Å². The number of anilines is 1. The van der Waals surface area contributed by atoms with Crippen molar-refractivity contribution in [3.05, 3.63) is 64.5 Å². The highest BCUT2D eigenvalue weighted by Gasteiger charge is 2.14. The van der Waals surface area contributed by atoms with E-state index in [1.807, 2.05) is 38.1 Å². The fourth-order valence-electron chi connectivity index (χ4n) is 2.35. The lowest BCUT2D eigenvalue weighted by Gasteiger charge is -2.20. The number of carbonyl (C=O) groups is 1. The zero-order valence-corrected chi connectivity index (χ0v) is 12.4. The molecule has 0 aliphatic carbocycles. The Hall–Kier alpha value is -2.36. The second kappa shape index (κ2) is 5.95. The molecule has 1 amide bonds. The van der Waals surface area contributed by atoms with Gasteiger partial charge in [-0.25, -0.2) is 4.39 Å². The zero-order chi connectivity index (χ0) is 15.6. The van der Waals surface area contributed by atoms with Gasteiger partial charge in [0.2, 0.25) is 5.91 Å². The fourth-order valence-corrected chi connectivity index (χ4v) is 2.35. The standard InChI is InChI=1S/C17H19FN2O/c1-10-6-4-5-7-14(10)12(3)20-16-9-13(17(19)21)8-15(18)11(16)2/h4-9,12,20H,1-3H3,(H2,19,21). The maximum atomic E-state index is 13.9. The molecule has 0 spiro atoms. The number of halogens is 1. The number of amides is 1. The van der Waals surface area contributed by atoms with Gasteiger partial charge in [-0.3, -0.25) is 4.79 Å². The molecule has 0 aromatic heterocycles. The highest BCUT2D eigenvalue weighted by Crippen LogP contribution is 2.26. The first kappa shape index (κ1) is 15.0. The predicted octanol–water partition coefficient (Wildman–Crippen LogP) is 3.71. The fraction of sp³-hybridized carbons (Fsp3) is 0.235. The van der Waals surface area contributed by atoms with Gasteiger partial charge in [-0.15, -0.1) is 0 Å². The van der Waals surface area contributed by atoms with Crippen LogP contribution >= 0.6 is 0 Å². The molecule has 1 atom stereocenters. The normalized spacial score (nSPS) is 12.0. The van der Waals surface area contributed by atoms with Crippen molar-refractivity contribution in [2.75, 3.05) is 5.32 Å². The van der Waals surface area contributed by atoms with E-state index in [-0.39, 0.29) is 11.6 Å². The monoisotopic (exact) mass is 286 g/mol. The van der Waals surface area contributed by atoms with Crippen molar-refractivity contribution in [2.24, 2.45) is 5.73 Å². The number of rotatable bonds is 4. The van der Waals surface area contributed by atoms with Gasteiger partial charge in [0.15, 0.2) is 0 Å². The van der Waals surface area contributed by atoms with Crippen molar-refractivity contribution in [2.45, 2.75) is 26.8 Å². The van der Waals surface area contributed by atoms with E-state index in [1.54, 1.807) is 13.0 Å². The predicted molar refractivity (Wildman–Crippen MR) is 82.9 cm³/mol. The van der Waals surface area contributed by atoms with Crippen LogP contribution in [-0.2, 0) is 0 Å². The molecule has 0 saturated carbocycles. The molecular formula is C17H19FN2O. The summed E-state index contributed by atoms with van der Waals surface area (Å²) in [4.78, 5) is 11.3. The summed E-state index contributed by atoms with van der Waals surface area (Å²) < 4.78 is 13.9. The van der Waals surface area contributed by atoms with Gasteiger partial charge in [0.05, 0.1) is 0 Å². The minimum absolute atomic E-state index is 0.00701. The minimum atomic E-state index is -0.638. The highest BCUT2D eigenvalue weighted by atomic mass is 19.1. The van der Waals surface area contributed by atoms with Crippen molar-refractivity contribution in [1.29, 1.82) is 0 Å². The number of nitrogens with one attached hydrogen (secondary N) is 1. The van der Waals surface area contributed by atoms with Crippen LogP contribution < -0.4 is 11.1 Å². The minimum Gasteiger partial charge on any atom is -0.378 e. The molecule has 2 aromatic rings. The average Bonchev–Trinajstić information content (AvgIpc) is 2.43. The summed E-state index contributed by atoms with van der Waals surface area (Å²) in [5.41, 5.74) is 8.74. The number of benzene rings is 2. The maximum Gasteiger partial charge on any atom is 0.248 e. The molecule has 1 unspecified atom stereocenters. The van der Waals surface area contributed by atoms with Crippen LogP contribution in [0, 0.1) is 19.7 Å². The molecule has 0 aliphatic rings. The Morgan fingerprint density at radius 3 is 2.52 bits per heavy atom. The van der Waals surface area contributed by atoms with Crippen molar-refractivity contribution < 1.29 is 9.18 Å². The lowest BCUT2D eigenvalue weighted by atomic mass is 10.0. The SMILES string of the molecule is Cc1ccccc1C(C)Nc1cc(C(N)=O)cc(F)c1C. The molecule has 4 heteroatoms. The smallest absolute Gasteiger partial charge is 0.248 e. The van der Waals surface area contributed by atoms with Crippen LogP contribution in [0.15, 0.2) is 36.4 Å². The highest BCUT2D eigenvalue weighted by molar-refractivity contribution is 5.94. The number of aryl methyl sites for hydroxylation is 1. The summed E-state index contributed by atoms with van der Waals surface area (Å²) in [6.07, 6.45) is 0. The van der Waals surface area contributed by atoms with Gasteiger partial charge in [0.1, 0.15) is 5.82 Å². The Balaban J connectivity index is 2.35. The van der Waals surface area contributed by atoms with Gasteiger partial charge >= 0.3 is 0 Å². The van der Waals surface area contributed by atoms with E-state index in [4.69, 9.17) is 5.73 Å². The number of primary amides is 1. The summed E-state index contributed by atoms with van der Waals surface area (Å²) in [6, 6.07) is 10.7. The van der Waals surface area contributed by atoms with E-state index in [1.165, 1.54) is 6.07 Å². The Morgan fingerprint density at radius 2 is 1.90 bits per heavy atom. The quantitative estimate of drug-likeness (QED) is 0.900. The van der Waals surface area contributed by atoms with Crippen LogP contribution in [0.2, 0.25) is 0 Å². The van der Waals surface area contributed by atoms with Crippen molar-refractivity contribution in [1.82, 2.24) is 0 Å². The zero-order valence-electron chi connectivity index (χ0n) is 12.4. The summed E-state index contributed by atoms with van der Waals surface area (Å²) in [6.45, 7) is 5.70. The second-order valence-electron chi connectivity index (χ2n) is 5.22. The molecule has 3 nitrogen and oxygen atoms in total. The van der Waals surface area contributed by atoms with Crippen LogP contribution in [0.4, 0.5) is 10.1 Å². The van der Waals surface area contributed by atoms with Crippen LogP contribution in [0.25, 0.3) is 0 Å². The van der Waals surface area contributed by atoms with Crippen LogP contribution in [0.3, 0.4) is 0 Å². The Morgan fingerprint density at radius 1 is 1.24 bits per heavy atom. The lowest BCUT2D eigenvalue weighted by molar-refractivity contribution is 0.1000. The Bertz CT molecular complexity index is 682. The van der Waals surface area contributed by atoms with Crippen LogP contribution in [0.1, 0.15) is 40.0 Å². The van der Waals surface area contributed by atoms with Gasteiger partial charge in [-0.05, 0) is 44.0 Å². The number of hydrogen-bond acceptors (Lipinski definition) is 2.